The molecule has 2 aromatic rings. The minimum absolute atomic E-state index is 0.350. The van der Waals surface area contributed by atoms with Gasteiger partial charge in [-0.25, -0.2) is 4.98 Å². The van der Waals surface area contributed by atoms with Crippen LogP contribution in [0.3, 0.4) is 0 Å². The Morgan fingerprint density at radius 1 is 1.31 bits per heavy atom. The fraction of sp³-hybridized carbons (Fsp3) is 0.300. The second-order valence-corrected chi connectivity index (χ2v) is 4.23. The molecule has 0 aromatic carbocycles. The molecule has 0 atom stereocenters. The van der Waals surface area contributed by atoms with Crippen molar-refractivity contribution in [2.75, 3.05) is 0 Å². The van der Waals surface area contributed by atoms with Gasteiger partial charge in [-0.1, -0.05) is 0 Å². The molecule has 2 heterocycles. The Labute approximate surface area is 100.0 Å². The molecule has 3 rings (SSSR count). The molecule has 0 aliphatic heterocycles. The second-order valence-electron chi connectivity index (χ2n) is 3.56. The molecule has 1 aliphatic carbocycles. The summed E-state index contributed by atoms with van der Waals surface area (Å²) in [6, 6.07) is 3.66. The molecular formula is C10H8BrN3O2. The maximum Gasteiger partial charge on any atom is 0.285 e. The SMILES string of the molecule is Brc1nnc(-c2ccc(OC3CC3)cn2)o1. The van der Waals surface area contributed by atoms with Gasteiger partial charge in [0.15, 0.2) is 0 Å². The van der Waals surface area contributed by atoms with Crippen LogP contribution in [0, 0.1) is 0 Å². The van der Waals surface area contributed by atoms with E-state index >= 15 is 0 Å². The summed E-state index contributed by atoms with van der Waals surface area (Å²) >= 11 is 3.09. The summed E-state index contributed by atoms with van der Waals surface area (Å²) in [6.45, 7) is 0. The van der Waals surface area contributed by atoms with Crippen molar-refractivity contribution < 1.29 is 9.15 Å². The van der Waals surface area contributed by atoms with Gasteiger partial charge in [-0.05, 0) is 25.0 Å². The van der Waals surface area contributed by atoms with E-state index in [1.165, 1.54) is 0 Å². The van der Waals surface area contributed by atoms with Crippen LogP contribution >= 0.6 is 15.9 Å². The monoisotopic (exact) mass is 281 g/mol. The molecular weight excluding hydrogens is 274 g/mol. The largest absolute Gasteiger partial charge is 0.489 e. The van der Waals surface area contributed by atoms with E-state index in [0.29, 0.717) is 22.5 Å². The number of hydrogen-bond donors (Lipinski definition) is 0. The molecule has 0 N–H and O–H groups in total. The predicted molar refractivity (Wildman–Crippen MR) is 58.9 cm³/mol. The standard InChI is InChI=1S/C10H8BrN3O2/c11-10-14-13-9(16-10)8-4-3-7(5-12-8)15-6-1-2-6/h3-6H,1-2H2. The number of pyridine rings is 1. The summed E-state index contributed by atoms with van der Waals surface area (Å²) < 4.78 is 10.8. The van der Waals surface area contributed by atoms with Gasteiger partial charge in [0.1, 0.15) is 11.4 Å². The fourth-order valence-electron chi connectivity index (χ4n) is 1.26. The van der Waals surface area contributed by atoms with Crippen LogP contribution in [0.2, 0.25) is 0 Å². The first-order chi connectivity index (χ1) is 7.81. The van der Waals surface area contributed by atoms with E-state index in [9.17, 15) is 0 Å². The number of nitrogens with zero attached hydrogens (tertiary/aromatic N) is 3. The zero-order chi connectivity index (χ0) is 11.0. The van der Waals surface area contributed by atoms with Gasteiger partial charge in [0.25, 0.3) is 10.7 Å². The van der Waals surface area contributed by atoms with E-state index < -0.39 is 0 Å². The molecule has 0 saturated heterocycles. The van der Waals surface area contributed by atoms with Crippen LogP contribution in [-0.2, 0) is 0 Å². The Morgan fingerprint density at radius 3 is 2.75 bits per heavy atom. The lowest BCUT2D eigenvalue weighted by molar-refractivity contribution is 0.302. The average Bonchev–Trinajstić information content (AvgIpc) is 3.00. The Morgan fingerprint density at radius 2 is 2.19 bits per heavy atom. The number of halogens is 1. The van der Waals surface area contributed by atoms with Gasteiger partial charge < -0.3 is 9.15 Å². The Kier molecular flexibility index (Phi) is 2.36. The normalized spacial score (nSPS) is 15.1. The first-order valence-corrected chi connectivity index (χ1v) is 5.72. The number of ether oxygens (including phenoxy) is 1. The van der Waals surface area contributed by atoms with Crippen molar-refractivity contribution in [1.29, 1.82) is 0 Å². The molecule has 1 fully saturated rings. The maximum absolute atomic E-state index is 5.58. The third-order valence-electron chi connectivity index (χ3n) is 2.18. The van der Waals surface area contributed by atoms with Crippen LogP contribution < -0.4 is 4.74 Å². The first-order valence-electron chi connectivity index (χ1n) is 4.93. The summed E-state index contributed by atoms with van der Waals surface area (Å²) in [5.74, 6) is 1.18. The third kappa shape index (κ3) is 2.06. The Balaban J connectivity index is 1.80. The predicted octanol–water partition coefficient (Wildman–Crippen LogP) is 2.44. The van der Waals surface area contributed by atoms with Crippen molar-refractivity contribution in [3.63, 3.8) is 0 Å². The zero-order valence-electron chi connectivity index (χ0n) is 8.26. The fourth-order valence-corrected chi connectivity index (χ4v) is 1.50. The van der Waals surface area contributed by atoms with Gasteiger partial charge in [-0.15, -0.1) is 10.2 Å². The zero-order valence-corrected chi connectivity index (χ0v) is 9.85. The minimum Gasteiger partial charge on any atom is -0.489 e. The average molecular weight is 282 g/mol. The van der Waals surface area contributed by atoms with Crippen molar-refractivity contribution in [2.24, 2.45) is 0 Å². The summed E-state index contributed by atoms with van der Waals surface area (Å²) in [7, 11) is 0. The highest BCUT2D eigenvalue weighted by atomic mass is 79.9. The van der Waals surface area contributed by atoms with Gasteiger partial charge in [0.05, 0.1) is 12.3 Å². The summed E-state index contributed by atoms with van der Waals surface area (Å²) in [5.41, 5.74) is 0.640. The van der Waals surface area contributed by atoms with Crippen LogP contribution in [-0.4, -0.2) is 21.3 Å². The number of hydrogen-bond acceptors (Lipinski definition) is 5. The quantitative estimate of drug-likeness (QED) is 0.865. The molecule has 82 valence electrons. The van der Waals surface area contributed by atoms with E-state index in [4.69, 9.17) is 9.15 Å². The van der Waals surface area contributed by atoms with Crippen molar-refractivity contribution in [1.82, 2.24) is 15.2 Å². The molecule has 2 aromatic heterocycles. The van der Waals surface area contributed by atoms with Gasteiger partial charge in [0, 0.05) is 15.9 Å². The van der Waals surface area contributed by atoms with Gasteiger partial charge in [0.2, 0.25) is 0 Å². The topological polar surface area (TPSA) is 61.0 Å². The molecule has 0 radical (unpaired) electrons. The van der Waals surface area contributed by atoms with Gasteiger partial charge >= 0.3 is 0 Å². The van der Waals surface area contributed by atoms with Crippen LogP contribution in [0.15, 0.2) is 27.5 Å². The molecule has 1 saturated carbocycles. The highest BCUT2D eigenvalue weighted by Crippen LogP contribution is 2.27. The minimum atomic E-state index is 0.350. The molecule has 0 amide bonds. The highest BCUT2D eigenvalue weighted by Gasteiger charge is 2.23. The number of aromatic nitrogens is 3. The maximum atomic E-state index is 5.58. The van der Waals surface area contributed by atoms with Gasteiger partial charge in [-0.3, -0.25) is 0 Å². The van der Waals surface area contributed by atoms with Gasteiger partial charge in [-0.2, -0.15) is 0 Å². The Bertz CT molecular complexity index is 493. The number of rotatable bonds is 3. The van der Waals surface area contributed by atoms with E-state index in [0.717, 1.165) is 18.6 Å². The lowest BCUT2D eigenvalue weighted by atomic mass is 10.3. The van der Waals surface area contributed by atoms with Crippen molar-refractivity contribution >= 4 is 15.9 Å². The van der Waals surface area contributed by atoms with Crippen molar-refractivity contribution in [2.45, 2.75) is 18.9 Å². The highest BCUT2D eigenvalue weighted by molar-refractivity contribution is 9.10. The van der Waals surface area contributed by atoms with Crippen LogP contribution in [0.4, 0.5) is 0 Å². The van der Waals surface area contributed by atoms with Crippen LogP contribution in [0.1, 0.15) is 12.8 Å². The molecule has 6 heteroatoms. The van der Waals surface area contributed by atoms with E-state index in [1.54, 1.807) is 12.3 Å². The first kappa shape index (κ1) is 9.77. The summed E-state index contributed by atoms with van der Waals surface area (Å²) in [6.07, 6.45) is 4.33. The molecule has 0 spiro atoms. The van der Waals surface area contributed by atoms with Crippen LogP contribution in [0.5, 0.6) is 5.75 Å². The third-order valence-corrected chi connectivity index (χ3v) is 2.50. The summed E-state index contributed by atoms with van der Waals surface area (Å²) in [5, 5.41) is 7.52. The van der Waals surface area contributed by atoms with Crippen molar-refractivity contribution in [3.05, 3.63) is 23.1 Å². The van der Waals surface area contributed by atoms with E-state index in [-0.39, 0.29) is 0 Å². The Hall–Kier alpha value is -1.43. The van der Waals surface area contributed by atoms with Crippen molar-refractivity contribution in [3.8, 4) is 17.3 Å². The van der Waals surface area contributed by atoms with E-state index in [1.807, 2.05) is 6.07 Å². The molecule has 0 bridgehead atoms. The molecule has 1 aliphatic rings. The van der Waals surface area contributed by atoms with Crippen LogP contribution in [0.25, 0.3) is 11.6 Å². The summed E-state index contributed by atoms with van der Waals surface area (Å²) in [4.78, 5) is 4.55. The lowest BCUT2D eigenvalue weighted by Crippen LogP contribution is -1.96. The molecule has 5 nitrogen and oxygen atoms in total. The smallest absolute Gasteiger partial charge is 0.285 e. The molecule has 16 heavy (non-hydrogen) atoms. The molecule has 0 unspecified atom stereocenters. The lowest BCUT2D eigenvalue weighted by Gasteiger charge is -2.02. The second kappa shape index (κ2) is 3.86. The van der Waals surface area contributed by atoms with E-state index in [2.05, 4.69) is 31.1 Å².